The molecule has 0 radical (unpaired) electrons. The largest absolute Gasteiger partial charge is 0.352 e. The van der Waals surface area contributed by atoms with E-state index in [-0.39, 0.29) is 24.3 Å². The molecule has 0 aromatic heterocycles. The standard InChI is InChI=1S/C18H31N5O2/c1-14(7-8-15-5-3-2-4-6-15)22-18(25)16(21)13-17(24)23(11-9-19)12-10-20/h2-6,14,16H,7-13,19-21H2,1H3,(H,22,25). The first-order chi connectivity index (χ1) is 12.0. The molecule has 0 aliphatic carbocycles. The van der Waals surface area contributed by atoms with Gasteiger partial charge in [0.25, 0.3) is 0 Å². The van der Waals surface area contributed by atoms with Crippen LogP contribution >= 0.6 is 0 Å². The molecule has 7 heteroatoms. The van der Waals surface area contributed by atoms with Gasteiger partial charge >= 0.3 is 0 Å². The van der Waals surface area contributed by atoms with Gasteiger partial charge in [0.2, 0.25) is 11.8 Å². The van der Waals surface area contributed by atoms with Gasteiger partial charge < -0.3 is 27.4 Å². The molecule has 7 nitrogen and oxygen atoms in total. The zero-order valence-electron chi connectivity index (χ0n) is 15.0. The van der Waals surface area contributed by atoms with E-state index in [1.54, 1.807) is 4.90 Å². The lowest BCUT2D eigenvalue weighted by Gasteiger charge is -2.23. The Kier molecular flexibility index (Phi) is 9.76. The lowest BCUT2D eigenvalue weighted by Crippen LogP contribution is -2.48. The molecule has 0 aliphatic heterocycles. The first-order valence-corrected chi connectivity index (χ1v) is 8.75. The average Bonchev–Trinajstić information content (AvgIpc) is 2.60. The molecule has 2 atom stereocenters. The van der Waals surface area contributed by atoms with Crippen LogP contribution in [0.5, 0.6) is 0 Å². The van der Waals surface area contributed by atoms with Crippen molar-refractivity contribution in [2.24, 2.45) is 17.2 Å². The Morgan fingerprint density at radius 1 is 1.12 bits per heavy atom. The summed E-state index contributed by atoms with van der Waals surface area (Å²) < 4.78 is 0. The number of aryl methyl sites for hydroxylation is 1. The third-order valence-electron chi connectivity index (χ3n) is 3.98. The Labute approximate surface area is 149 Å². The Hall–Kier alpha value is -1.96. The van der Waals surface area contributed by atoms with E-state index in [1.807, 2.05) is 25.1 Å². The van der Waals surface area contributed by atoms with Crippen LogP contribution in [0.25, 0.3) is 0 Å². The van der Waals surface area contributed by atoms with Crippen LogP contribution in [0, 0.1) is 0 Å². The van der Waals surface area contributed by atoms with Crippen molar-refractivity contribution in [2.45, 2.75) is 38.3 Å². The zero-order chi connectivity index (χ0) is 18.7. The molecular weight excluding hydrogens is 318 g/mol. The Bertz CT molecular complexity index is 517. The summed E-state index contributed by atoms with van der Waals surface area (Å²) in [5, 5.41) is 2.87. The Balaban J connectivity index is 2.40. The van der Waals surface area contributed by atoms with Crippen LogP contribution in [0.1, 0.15) is 25.3 Å². The fraction of sp³-hybridized carbons (Fsp3) is 0.556. The lowest BCUT2D eigenvalue weighted by atomic mass is 10.1. The number of benzene rings is 1. The minimum atomic E-state index is -0.871. The Morgan fingerprint density at radius 2 is 1.72 bits per heavy atom. The van der Waals surface area contributed by atoms with E-state index in [0.29, 0.717) is 26.2 Å². The monoisotopic (exact) mass is 349 g/mol. The average molecular weight is 349 g/mol. The minimum Gasteiger partial charge on any atom is -0.352 e. The van der Waals surface area contributed by atoms with Gasteiger partial charge in [0.1, 0.15) is 0 Å². The smallest absolute Gasteiger partial charge is 0.237 e. The van der Waals surface area contributed by atoms with Crippen molar-refractivity contribution < 1.29 is 9.59 Å². The van der Waals surface area contributed by atoms with Gasteiger partial charge in [-0.1, -0.05) is 30.3 Å². The number of nitrogens with one attached hydrogen (secondary N) is 1. The number of nitrogens with two attached hydrogens (primary N) is 3. The van der Waals surface area contributed by atoms with E-state index < -0.39 is 6.04 Å². The SMILES string of the molecule is CC(CCc1ccccc1)NC(=O)C(N)CC(=O)N(CCN)CCN. The van der Waals surface area contributed by atoms with Crippen LogP contribution < -0.4 is 22.5 Å². The predicted molar refractivity (Wildman–Crippen MR) is 99.6 cm³/mol. The van der Waals surface area contributed by atoms with Gasteiger partial charge in [-0.25, -0.2) is 0 Å². The second-order valence-electron chi connectivity index (χ2n) is 6.20. The van der Waals surface area contributed by atoms with Crippen LogP contribution in [0.15, 0.2) is 30.3 Å². The maximum absolute atomic E-state index is 12.2. The summed E-state index contributed by atoms with van der Waals surface area (Å²) >= 11 is 0. The fourth-order valence-electron chi connectivity index (χ4n) is 2.53. The predicted octanol–water partition coefficient (Wildman–Crippen LogP) is -0.413. The van der Waals surface area contributed by atoms with Crippen molar-refractivity contribution in [2.75, 3.05) is 26.2 Å². The van der Waals surface area contributed by atoms with Crippen LogP contribution in [0.3, 0.4) is 0 Å². The van der Waals surface area contributed by atoms with Gasteiger partial charge in [-0.2, -0.15) is 0 Å². The quantitative estimate of drug-likeness (QED) is 0.432. The molecule has 140 valence electrons. The topological polar surface area (TPSA) is 127 Å². The summed E-state index contributed by atoms with van der Waals surface area (Å²) in [5.41, 5.74) is 18.1. The number of hydrogen-bond donors (Lipinski definition) is 4. The molecule has 0 saturated heterocycles. The first-order valence-electron chi connectivity index (χ1n) is 8.75. The highest BCUT2D eigenvalue weighted by Gasteiger charge is 2.22. The number of amides is 2. The van der Waals surface area contributed by atoms with Crippen molar-refractivity contribution in [3.05, 3.63) is 35.9 Å². The van der Waals surface area contributed by atoms with Gasteiger partial charge in [-0.15, -0.1) is 0 Å². The highest BCUT2D eigenvalue weighted by molar-refractivity contribution is 5.88. The summed E-state index contributed by atoms with van der Waals surface area (Å²) in [6.07, 6.45) is 1.64. The second-order valence-corrected chi connectivity index (χ2v) is 6.20. The summed E-state index contributed by atoms with van der Waals surface area (Å²) in [6, 6.07) is 9.19. The molecule has 0 bridgehead atoms. The van der Waals surface area contributed by atoms with Crippen LogP contribution in [-0.4, -0.2) is 55.0 Å². The molecule has 0 spiro atoms. The summed E-state index contributed by atoms with van der Waals surface area (Å²) in [7, 11) is 0. The molecular formula is C18H31N5O2. The van der Waals surface area contributed by atoms with E-state index >= 15 is 0 Å². The number of carbonyl (C=O) groups excluding carboxylic acids is 2. The van der Waals surface area contributed by atoms with Crippen molar-refractivity contribution >= 4 is 11.8 Å². The molecule has 25 heavy (non-hydrogen) atoms. The highest BCUT2D eigenvalue weighted by atomic mass is 16.2. The second kappa shape index (κ2) is 11.6. The number of nitrogens with zero attached hydrogens (tertiary/aromatic N) is 1. The van der Waals surface area contributed by atoms with Crippen LogP contribution in [0.2, 0.25) is 0 Å². The van der Waals surface area contributed by atoms with E-state index in [9.17, 15) is 9.59 Å². The number of carbonyl (C=O) groups is 2. The molecule has 1 rings (SSSR count). The molecule has 0 aliphatic rings. The highest BCUT2D eigenvalue weighted by Crippen LogP contribution is 2.05. The van der Waals surface area contributed by atoms with Gasteiger partial charge in [0.05, 0.1) is 12.5 Å². The summed E-state index contributed by atoms with van der Waals surface area (Å²) in [6.45, 7) is 3.47. The van der Waals surface area contributed by atoms with Gasteiger partial charge in [-0.05, 0) is 25.3 Å². The van der Waals surface area contributed by atoms with Crippen molar-refractivity contribution in [3.8, 4) is 0 Å². The normalized spacial score (nSPS) is 13.1. The molecule has 0 fully saturated rings. The van der Waals surface area contributed by atoms with Crippen LogP contribution in [0.4, 0.5) is 0 Å². The van der Waals surface area contributed by atoms with E-state index in [4.69, 9.17) is 17.2 Å². The fourth-order valence-corrected chi connectivity index (χ4v) is 2.53. The van der Waals surface area contributed by atoms with E-state index in [1.165, 1.54) is 5.56 Å². The maximum atomic E-state index is 12.2. The van der Waals surface area contributed by atoms with Gasteiger partial charge in [0.15, 0.2) is 0 Å². The molecule has 7 N–H and O–H groups in total. The summed E-state index contributed by atoms with van der Waals surface area (Å²) in [4.78, 5) is 25.9. The summed E-state index contributed by atoms with van der Waals surface area (Å²) in [5.74, 6) is -0.509. The minimum absolute atomic E-state index is 0.0157. The molecule has 1 aromatic rings. The van der Waals surface area contributed by atoms with E-state index in [0.717, 1.165) is 12.8 Å². The van der Waals surface area contributed by atoms with Gasteiger partial charge in [-0.3, -0.25) is 9.59 Å². The first kappa shape index (κ1) is 21.1. The molecule has 2 unspecified atom stereocenters. The van der Waals surface area contributed by atoms with Crippen molar-refractivity contribution in [3.63, 3.8) is 0 Å². The number of rotatable bonds is 11. The third kappa shape index (κ3) is 8.11. The molecule has 0 heterocycles. The van der Waals surface area contributed by atoms with Crippen molar-refractivity contribution in [1.29, 1.82) is 0 Å². The molecule has 1 aromatic carbocycles. The van der Waals surface area contributed by atoms with Crippen LogP contribution in [-0.2, 0) is 16.0 Å². The maximum Gasteiger partial charge on any atom is 0.237 e. The zero-order valence-corrected chi connectivity index (χ0v) is 15.0. The van der Waals surface area contributed by atoms with Crippen molar-refractivity contribution in [1.82, 2.24) is 10.2 Å². The molecule has 2 amide bonds. The van der Waals surface area contributed by atoms with Gasteiger partial charge in [0, 0.05) is 32.2 Å². The van der Waals surface area contributed by atoms with E-state index in [2.05, 4.69) is 17.4 Å². The molecule has 0 saturated carbocycles. The third-order valence-corrected chi connectivity index (χ3v) is 3.98. The number of hydrogen-bond acceptors (Lipinski definition) is 5. The lowest BCUT2D eigenvalue weighted by molar-refractivity contribution is -0.134. The Morgan fingerprint density at radius 3 is 2.28 bits per heavy atom.